The first kappa shape index (κ1) is 22.4. The quantitative estimate of drug-likeness (QED) is 0.552. The number of rotatable bonds is 7. The fourth-order valence-corrected chi connectivity index (χ4v) is 2.80. The van der Waals surface area contributed by atoms with Crippen molar-refractivity contribution >= 4 is 23.6 Å². The second kappa shape index (κ2) is 10.2. The lowest BCUT2D eigenvalue weighted by molar-refractivity contribution is 0.102. The molecule has 0 aliphatic carbocycles. The summed E-state index contributed by atoms with van der Waals surface area (Å²) in [6.07, 6.45) is 7.93. The number of carbonyl (C=O) groups is 1. The molecule has 1 amide bonds. The number of aromatic nitrogens is 3. The van der Waals surface area contributed by atoms with Gasteiger partial charge in [-0.05, 0) is 50.3 Å². The Labute approximate surface area is 185 Å². The molecule has 0 bridgehead atoms. The van der Waals surface area contributed by atoms with Crippen LogP contribution < -0.4 is 21.3 Å². The third kappa shape index (κ3) is 5.45. The minimum atomic E-state index is -0.525. The van der Waals surface area contributed by atoms with Crippen molar-refractivity contribution in [3.63, 3.8) is 0 Å². The highest BCUT2D eigenvalue weighted by atomic mass is 16.5. The first-order valence-electron chi connectivity index (χ1n) is 9.89. The van der Waals surface area contributed by atoms with Crippen molar-refractivity contribution in [1.82, 2.24) is 14.5 Å². The predicted molar refractivity (Wildman–Crippen MR) is 124 cm³/mol. The Morgan fingerprint density at radius 2 is 2.03 bits per heavy atom. The highest BCUT2D eigenvalue weighted by Crippen LogP contribution is 2.23. The SMILES string of the molecule is CN=CC=C(N)c1cc(Oc2ccc(NC(=O)c3cccn(C(C)C)c3=O)nc2)ccn1. The summed E-state index contributed by atoms with van der Waals surface area (Å²) in [6, 6.07) is 9.73. The zero-order valence-corrected chi connectivity index (χ0v) is 18.0. The van der Waals surface area contributed by atoms with Crippen LogP contribution in [0.5, 0.6) is 11.5 Å². The minimum absolute atomic E-state index is 0.0476. The Morgan fingerprint density at radius 3 is 2.72 bits per heavy atom. The van der Waals surface area contributed by atoms with Gasteiger partial charge in [-0.3, -0.25) is 19.6 Å². The Bertz CT molecular complexity index is 1210. The zero-order valence-electron chi connectivity index (χ0n) is 18.0. The lowest BCUT2D eigenvalue weighted by Gasteiger charge is -2.11. The fraction of sp³-hybridized carbons (Fsp3) is 0.174. The number of aliphatic imine (C=N–C) groups is 1. The highest BCUT2D eigenvalue weighted by Gasteiger charge is 2.14. The molecule has 0 unspecified atom stereocenters. The van der Waals surface area contributed by atoms with Crippen molar-refractivity contribution in [2.75, 3.05) is 12.4 Å². The van der Waals surface area contributed by atoms with E-state index in [2.05, 4.69) is 20.3 Å². The molecule has 0 atom stereocenters. The Kier molecular flexibility index (Phi) is 7.12. The molecule has 0 fully saturated rings. The molecular weight excluding hydrogens is 408 g/mol. The predicted octanol–water partition coefficient (Wildman–Crippen LogP) is 3.26. The number of nitrogens with zero attached hydrogens (tertiary/aromatic N) is 4. The third-order valence-corrected chi connectivity index (χ3v) is 4.42. The van der Waals surface area contributed by atoms with Gasteiger partial charge in [0.05, 0.1) is 17.6 Å². The normalized spacial score (nSPS) is 11.7. The van der Waals surface area contributed by atoms with Crippen LogP contribution >= 0.6 is 0 Å². The van der Waals surface area contributed by atoms with Gasteiger partial charge in [-0.15, -0.1) is 0 Å². The van der Waals surface area contributed by atoms with Gasteiger partial charge in [0.25, 0.3) is 11.5 Å². The number of amides is 1. The second-order valence-electron chi connectivity index (χ2n) is 7.07. The lowest BCUT2D eigenvalue weighted by Crippen LogP contribution is -2.29. The minimum Gasteiger partial charge on any atom is -0.456 e. The van der Waals surface area contributed by atoms with Crippen LogP contribution in [0.2, 0.25) is 0 Å². The van der Waals surface area contributed by atoms with Crippen LogP contribution in [0.1, 0.15) is 35.9 Å². The van der Waals surface area contributed by atoms with Gasteiger partial charge in [-0.25, -0.2) is 4.98 Å². The molecule has 0 spiro atoms. The average molecular weight is 432 g/mol. The molecule has 0 saturated heterocycles. The molecule has 0 aliphatic heterocycles. The molecule has 32 heavy (non-hydrogen) atoms. The summed E-state index contributed by atoms with van der Waals surface area (Å²) >= 11 is 0. The Morgan fingerprint density at radius 1 is 1.22 bits per heavy atom. The Hall–Kier alpha value is -4.27. The van der Waals surface area contributed by atoms with Gasteiger partial charge in [-0.2, -0.15) is 0 Å². The van der Waals surface area contributed by atoms with Crippen molar-refractivity contribution in [2.45, 2.75) is 19.9 Å². The lowest BCUT2D eigenvalue weighted by atomic mass is 10.2. The maximum atomic E-state index is 12.5. The third-order valence-electron chi connectivity index (χ3n) is 4.42. The molecule has 3 aromatic heterocycles. The molecule has 0 aliphatic rings. The van der Waals surface area contributed by atoms with E-state index in [1.165, 1.54) is 16.8 Å². The number of hydrogen-bond acceptors (Lipinski definition) is 7. The summed E-state index contributed by atoms with van der Waals surface area (Å²) in [7, 11) is 1.65. The van der Waals surface area contributed by atoms with Crippen LogP contribution in [-0.2, 0) is 0 Å². The van der Waals surface area contributed by atoms with Crippen LogP contribution in [-0.4, -0.2) is 33.7 Å². The van der Waals surface area contributed by atoms with E-state index in [1.807, 2.05) is 13.8 Å². The van der Waals surface area contributed by atoms with Crippen molar-refractivity contribution < 1.29 is 9.53 Å². The van der Waals surface area contributed by atoms with E-state index in [4.69, 9.17) is 10.5 Å². The van der Waals surface area contributed by atoms with Gasteiger partial charge in [0.15, 0.2) is 0 Å². The number of anilines is 1. The molecule has 9 nitrogen and oxygen atoms in total. The molecule has 0 saturated carbocycles. The van der Waals surface area contributed by atoms with Gasteiger partial charge in [0, 0.05) is 37.8 Å². The molecular formula is C23H24N6O3. The molecule has 3 rings (SSSR count). The largest absolute Gasteiger partial charge is 0.456 e. The molecule has 9 heteroatoms. The van der Waals surface area contributed by atoms with Crippen molar-refractivity contribution in [1.29, 1.82) is 0 Å². The summed E-state index contributed by atoms with van der Waals surface area (Å²) in [5.41, 5.74) is 6.67. The number of pyridine rings is 3. The second-order valence-corrected chi connectivity index (χ2v) is 7.07. The Balaban J connectivity index is 1.71. The molecule has 0 aromatic carbocycles. The summed E-state index contributed by atoms with van der Waals surface area (Å²) in [6.45, 7) is 3.75. The first-order valence-corrected chi connectivity index (χ1v) is 9.89. The molecule has 3 N–H and O–H groups in total. The number of allylic oxidation sites excluding steroid dienone is 1. The topological polar surface area (TPSA) is 124 Å². The number of ether oxygens (including phenoxy) is 1. The van der Waals surface area contributed by atoms with Gasteiger partial charge < -0.3 is 20.4 Å². The van der Waals surface area contributed by atoms with E-state index in [0.29, 0.717) is 28.7 Å². The number of nitrogens with one attached hydrogen (secondary N) is 1. The van der Waals surface area contributed by atoms with E-state index >= 15 is 0 Å². The average Bonchev–Trinajstić information content (AvgIpc) is 2.78. The summed E-state index contributed by atoms with van der Waals surface area (Å²) in [5.74, 6) is 0.752. The van der Waals surface area contributed by atoms with E-state index in [1.54, 1.807) is 62.1 Å². The smallest absolute Gasteiger partial charge is 0.263 e. The van der Waals surface area contributed by atoms with Crippen LogP contribution in [0.3, 0.4) is 0 Å². The van der Waals surface area contributed by atoms with E-state index in [9.17, 15) is 9.59 Å². The van der Waals surface area contributed by atoms with Crippen LogP contribution in [0, 0.1) is 0 Å². The van der Waals surface area contributed by atoms with E-state index in [0.717, 1.165) is 0 Å². The van der Waals surface area contributed by atoms with Gasteiger partial charge in [0.2, 0.25) is 0 Å². The summed E-state index contributed by atoms with van der Waals surface area (Å²) in [4.78, 5) is 37.3. The highest BCUT2D eigenvalue weighted by molar-refractivity contribution is 6.03. The van der Waals surface area contributed by atoms with Gasteiger partial charge in [0.1, 0.15) is 22.9 Å². The molecule has 3 heterocycles. The van der Waals surface area contributed by atoms with Crippen LogP contribution in [0.25, 0.3) is 5.70 Å². The summed E-state index contributed by atoms with van der Waals surface area (Å²) in [5, 5.41) is 2.63. The maximum Gasteiger partial charge on any atom is 0.263 e. The number of nitrogens with two attached hydrogens (primary N) is 1. The number of hydrogen-bond donors (Lipinski definition) is 2. The van der Waals surface area contributed by atoms with Crippen LogP contribution in [0.4, 0.5) is 5.82 Å². The van der Waals surface area contributed by atoms with Crippen LogP contribution in [0.15, 0.2) is 70.9 Å². The number of carbonyl (C=O) groups excluding carboxylic acids is 1. The first-order chi connectivity index (χ1) is 15.4. The van der Waals surface area contributed by atoms with Crippen molar-refractivity contribution in [2.24, 2.45) is 10.7 Å². The standard InChI is InChI=1S/C23H24N6O3/c1-15(2)29-12-4-5-18(23(29)31)22(30)28-21-7-6-17(14-27-21)32-16-8-11-26-20(13-16)19(24)9-10-25-3/h4-15H,24H2,1-3H3,(H,27,28,30). The van der Waals surface area contributed by atoms with E-state index < -0.39 is 5.91 Å². The van der Waals surface area contributed by atoms with Gasteiger partial charge >= 0.3 is 0 Å². The fourth-order valence-electron chi connectivity index (χ4n) is 2.80. The van der Waals surface area contributed by atoms with Gasteiger partial charge in [-0.1, -0.05) is 0 Å². The maximum absolute atomic E-state index is 12.5. The van der Waals surface area contributed by atoms with Crippen molar-refractivity contribution in [3.8, 4) is 11.5 Å². The molecule has 164 valence electrons. The van der Waals surface area contributed by atoms with Crippen molar-refractivity contribution in [3.05, 3.63) is 82.7 Å². The van der Waals surface area contributed by atoms with E-state index in [-0.39, 0.29) is 17.2 Å². The molecule has 3 aromatic rings. The summed E-state index contributed by atoms with van der Waals surface area (Å²) < 4.78 is 7.29. The molecule has 0 radical (unpaired) electrons. The monoisotopic (exact) mass is 432 g/mol. The zero-order chi connectivity index (χ0) is 23.1.